The van der Waals surface area contributed by atoms with Crippen molar-refractivity contribution < 1.29 is 9.53 Å². The van der Waals surface area contributed by atoms with E-state index in [0.29, 0.717) is 5.75 Å². The number of hydrogen-bond donors (Lipinski definition) is 1. The summed E-state index contributed by atoms with van der Waals surface area (Å²) in [6, 6.07) is 11.8. The highest BCUT2D eigenvalue weighted by Crippen LogP contribution is 2.25. The molecular weight excluding hydrogens is 366 g/mol. The Kier molecular flexibility index (Phi) is 5.95. The number of anilines is 1. The number of rotatable bonds is 6. The standard InChI is InChI=1S/C22H27N5O2/c1-2-13-26(19-8-11-23-12-9-19)27-16-10-18-17-20(6-7-21(18)27)29-22(28)24-25-14-4-3-5-15-25/h6-12,16-17H,2-5,13-15H2,1H3,(H,24,28). The molecule has 0 saturated carbocycles. The van der Waals surface area contributed by atoms with Crippen molar-refractivity contribution >= 4 is 22.7 Å². The molecule has 1 amide bonds. The lowest BCUT2D eigenvalue weighted by Gasteiger charge is -2.26. The summed E-state index contributed by atoms with van der Waals surface area (Å²) in [6.07, 6.45) is 9.65. The van der Waals surface area contributed by atoms with Crippen LogP contribution < -0.4 is 15.2 Å². The van der Waals surface area contributed by atoms with Gasteiger partial charge in [-0.2, -0.15) is 0 Å². The van der Waals surface area contributed by atoms with Gasteiger partial charge in [-0.25, -0.2) is 9.80 Å². The number of benzene rings is 1. The van der Waals surface area contributed by atoms with Crippen molar-refractivity contribution in [2.45, 2.75) is 32.6 Å². The maximum absolute atomic E-state index is 12.2. The minimum atomic E-state index is -0.435. The molecule has 1 aliphatic heterocycles. The summed E-state index contributed by atoms with van der Waals surface area (Å²) in [5.74, 6) is 0.538. The van der Waals surface area contributed by atoms with Crippen LogP contribution in [0.15, 0.2) is 55.0 Å². The van der Waals surface area contributed by atoms with Gasteiger partial charge in [-0.15, -0.1) is 0 Å². The maximum Gasteiger partial charge on any atom is 0.427 e. The number of ether oxygens (including phenoxy) is 1. The zero-order valence-electron chi connectivity index (χ0n) is 16.8. The van der Waals surface area contributed by atoms with Crippen LogP contribution in [-0.4, -0.2) is 40.4 Å². The second kappa shape index (κ2) is 8.96. The van der Waals surface area contributed by atoms with Crippen molar-refractivity contribution in [3.8, 4) is 5.75 Å². The van der Waals surface area contributed by atoms with Crippen LogP contribution in [-0.2, 0) is 0 Å². The summed E-state index contributed by atoms with van der Waals surface area (Å²) < 4.78 is 7.63. The average molecular weight is 393 g/mol. The molecule has 2 aromatic heterocycles. The van der Waals surface area contributed by atoms with Gasteiger partial charge in [-0.1, -0.05) is 13.3 Å². The highest BCUT2D eigenvalue weighted by molar-refractivity contribution is 5.83. The number of hydrogen-bond acceptors (Lipinski definition) is 5. The highest BCUT2D eigenvalue weighted by Gasteiger charge is 2.15. The Balaban J connectivity index is 1.51. The molecule has 1 aromatic carbocycles. The average Bonchev–Trinajstić information content (AvgIpc) is 3.16. The van der Waals surface area contributed by atoms with Gasteiger partial charge in [-0.05, 0) is 55.7 Å². The Morgan fingerprint density at radius 3 is 2.69 bits per heavy atom. The third kappa shape index (κ3) is 4.51. The van der Waals surface area contributed by atoms with E-state index >= 15 is 0 Å². The molecule has 0 spiro atoms. The number of nitrogens with one attached hydrogen (secondary N) is 1. The van der Waals surface area contributed by atoms with E-state index in [1.165, 1.54) is 6.42 Å². The van der Waals surface area contributed by atoms with Crippen molar-refractivity contribution in [3.05, 3.63) is 55.0 Å². The molecule has 0 aliphatic carbocycles. The lowest BCUT2D eigenvalue weighted by molar-refractivity contribution is 0.129. The van der Waals surface area contributed by atoms with Gasteiger partial charge in [0.05, 0.1) is 11.2 Å². The fraction of sp³-hybridized carbons (Fsp3) is 0.364. The summed E-state index contributed by atoms with van der Waals surface area (Å²) in [5, 5.41) is 5.16. The SMILES string of the molecule is CCCN(c1ccncc1)n1ccc2cc(OC(=O)NN3CCCCC3)ccc21. The zero-order chi connectivity index (χ0) is 20.1. The van der Waals surface area contributed by atoms with Gasteiger partial charge in [0.1, 0.15) is 5.75 Å². The molecule has 3 aromatic rings. The monoisotopic (exact) mass is 393 g/mol. The van der Waals surface area contributed by atoms with E-state index in [-0.39, 0.29) is 0 Å². The smallest absolute Gasteiger partial charge is 0.409 e. The first-order chi connectivity index (χ1) is 14.2. The molecule has 0 atom stereocenters. The third-order valence-electron chi connectivity index (χ3n) is 5.11. The summed E-state index contributed by atoms with van der Waals surface area (Å²) in [4.78, 5) is 16.3. The third-order valence-corrected chi connectivity index (χ3v) is 5.11. The van der Waals surface area contributed by atoms with Crippen LogP contribution in [0.1, 0.15) is 32.6 Å². The molecule has 152 valence electrons. The number of nitrogens with zero attached hydrogens (tertiary/aromatic N) is 4. The van der Waals surface area contributed by atoms with Crippen molar-refractivity contribution in [2.24, 2.45) is 0 Å². The molecule has 0 radical (unpaired) electrons. The molecule has 29 heavy (non-hydrogen) atoms. The van der Waals surface area contributed by atoms with E-state index < -0.39 is 6.09 Å². The van der Waals surface area contributed by atoms with Gasteiger partial charge in [0.25, 0.3) is 0 Å². The molecule has 7 nitrogen and oxygen atoms in total. The Hall–Kier alpha value is -3.06. The normalized spacial score (nSPS) is 14.7. The number of carbonyl (C=O) groups is 1. The van der Waals surface area contributed by atoms with Gasteiger partial charge in [0.15, 0.2) is 0 Å². The number of piperidine rings is 1. The van der Waals surface area contributed by atoms with Crippen molar-refractivity contribution in [1.29, 1.82) is 0 Å². The summed E-state index contributed by atoms with van der Waals surface area (Å²) >= 11 is 0. The molecule has 1 N–H and O–H groups in total. The summed E-state index contributed by atoms with van der Waals surface area (Å²) in [6.45, 7) is 4.79. The van der Waals surface area contributed by atoms with Crippen molar-refractivity contribution in [1.82, 2.24) is 20.1 Å². The van der Waals surface area contributed by atoms with Gasteiger partial charge in [0, 0.05) is 43.6 Å². The van der Waals surface area contributed by atoms with E-state index in [9.17, 15) is 4.79 Å². The predicted octanol–water partition coefficient (Wildman–Crippen LogP) is 4.21. The fourth-order valence-corrected chi connectivity index (χ4v) is 3.73. The van der Waals surface area contributed by atoms with Crippen LogP contribution >= 0.6 is 0 Å². The molecule has 4 rings (SSSR count). The maximum atomic E-state index is 12.2. The minimum Gasteiger partial charge on any atom is -0.409 e. The first-order valence-electron chi connectivity index (χ1n) is 10.3. The van der Waals surface area contributed by atoms with Crippen molar-refractivity contribution in [3.63, 3.8) is 0 Å². The van der Waals surface area contributed by atoms with Crippen LogP contribution in [0.25, 0.3) is 10.9 Å². The second-order valence-corrected chi connectivity index (χ2v) is 7.26. The van der Waals surface area contributed by atoms with Crippen LogP contribution in [0, 0.1) is 0 Å². The zero-order valence-corrected chi connectivity index (χ0v) is 16.8. The van der Waals surface area contributed by atoms with E-state index in [0.717, 1.165) is 55.5 Å². The lowest BCUT2D eigenvalue weighted by Crippen LogP contribution is -2.46. The number of amides is 1. The number of hydrazine groups is 1. The summed E-state index contributed by atoms with van der Waals surface area (Å²) in [5.41, 5.74) is 4.97. The molecule has 3 heterocycles. The summed E-state index contributed by atoms with van der Waals surface area (Å²) in [7, 11) is 0. The molecule has 1 aliphatic rings. The Bertz CT molecular complexity index is 950. The van der Waals surface area contributed by atoms with Gasteiger partial charge in [0.2, 0.25) is 0 Å². The topological polar surface area (TPSA) is 62.6 Å². The Labute approximate surface area is 170 Å². The Morgan fingerprint density at radius 2 is 1.93 bits per heavy atom. The van der Waals surface area contributed by atoms with Crippen LogP contribution in [0.4, 0.5) is 10.5 Å². The first-order valence-corrected chi connectivity index (χ1v) is 10.3. The molecule has 1 fully saturated rings. The number of pyridine rings is 1. The van der Waals surface area contributed by atoms with Crippen LogP contribution in [0.5, 0.6) is 5.75 Å². The molecule has 1 saturated heterocycles. The quantitative estimate of drug-likeness (QED) is 0.680. The fourth-order valence-electron chi connectivity index (χ4n) is 3.73. The van der Waals surface area contributed by atoms with E-state index in [1.54, 1.807) is 12.4 Å². The number of carbonyl (C=O) groups excluding carboxylic acids is 1. The Morgan fingerprint density at radius 1 is 1.14 bits per heavy atom. The first kappa shape index (κ1) is 19.3. The van der Waals surface area contributed by atoms with E-state index in [4.69, 9.17) is 4.74 Å². The van der Waals surface area contributed by atoms with E-state index in [1.807, 2.05) is 47.6 Å². The minimum absolute atomic E-state index is 0.435. The predicted molar refractivity (Wildman–Crippen MR) is 114 cm³/mol. The van der Waals surface area contributed by atoms with Gasteiger partial charge in [-0.3, -0.25) is 20.1 Å². The molecule has 7 heteroatoms. The molecule has 0 unspecified atom stereocenters. The van der Waals surface area contributed by atoms with Gasteiger partial charge >= 0.3 is 6.09 Å². The van der Waals surface area contributed by atoms with Crippen LogP contribution in [0.3, 0.4) is 0 Å². The largest absolute Gasteiger partial charge is 0.427 e. The van der Waals surface area contributed by atoms with Crippen molar-refractivity contribution in [2.75, 3.05) is 24.6 Å². The molecule has 0 bridgehead atoms. The van der Waals surface area contributed by atoms with Gasteiger partial charge < -0.3 is 4.74 Å². The molecular formula is C22H27N5O2. The highest BCUT2D eigenvalue weighted by atomic mass is 16.6. The van der Waals surface area contributed by atoms with Crippen LogP contribution in [0.2, 0.25) is 0 Å². The lowest BCUT2D eigenvalue weighted by atomic mass is 10.2. The second-order valence-electron chi connectivity index (χ2n) is 7.26. The van der Waals surface area contributed by atoms with E-state index in [2.05, 4.69) is 27.0 Å². The number of fused-ring (bicyclic) bond motifs is 1. The number of aromatic nitrogens is 2.